The van der Waals surface area contributed by atoms with Crippen molar-refractivity contribution in [2.45, 2.75) is 46.2 Å². The van der Waals surface area contributed by atoms with Gasteiger partial charge in [0.15, 0.2) is 0 Å². The second kappa shape index (κ2) is 7.65. The zero-order valence-electron chi connectivity index (χ0n) is 15.0. The van der Waals surface area contributed by atoms with E-state index >= 15 is 0 Å². The molecule has 4 heteroatoms. The van der Waals surface area contributed by atoms with Crippen molar-refractivity contribution in [1.82, 2.24) is 9.97 Å². The van der Waals surface area contributed by atoms with Gasteiger partial charge in [-0.15, -0.1) is 0 Å². The number of aromatic nitrogens is 2. The third kappa shape index (κ3) is 4.05. The molecular formula is C20H28N4. The molecule has 1 aliphatic rings. The number of rotatable bonds is 5. The number of nitrogens with zero attached hydrogens (tertiary/aromatic N) is 4. The molecule has 1 atom stereocenters. The van der Waals surface area contributed by atoms with Gasteiger partial charge in [0.1, 0.15) is 5.82 Å². The van der Waals surface area contributed by atoms with Crippen LogP contribution in [0.25, 0.3) is 0 Å². The highest BCUT2D eigenvalue weighted by Gasteiger charge is 2.20. The zero-order valence-corrected chi connectivity index (χ0v) is 15.0. The predicted molar refractivity (Wildman–Crippen MR) is 100 cm³/mol. The monoisotopic (exact) mass is 324 g/mol. The summed E-state index contributed by atoms with van der Waals surface area (Å²) in [7, 11) is 0. The number of piperidine rings is 1. The van der Waals surface area contributed by atoms with Gasteiger partial charge < -0.3 is 9.80 Å². The molecule has 4 nitrogen and oxygen atoms in total. The van der Waals surface area contributed by atoms with Gasteiger partial charge in [-0.2, -0.15) is 4.98 Å². The van der Waals surface area contributed by atoms with Gasteiger partial charge in [0.05, 0.1) is 0 Å². The van der Waals surface area contributed by atoms with Crippen molar-refractivity contribution in [3.05, 3.63) is 48.2 Å². The lowest BCUT2D eigenvalue weighted by Crippen LogP contribution is -2.36. The van der Waals surface area contributed by atoms with Gasteiger partial charge in [-0.25, -0.2) is 4.98 Å². The van der Waals surface area contributed by atoms with Gasteiger partial charge in [-0.3, -0.25) is 0 Å². The molecule has 1 fully saturated rings. The Balaban J connectivity index is 1.82. The molecule has 1 aromatic heterocycles. The maximum Gasteiger partial charge on any atom is 0.227 e. The van der Waals surface area contributed by atoms with E-state index in [1.54, 1.807) is 0 Å². The Kier molecular flexibility index (Phi) is 5.34. The number of benzene rings is 1. The topological polar surface area (TPSA) is 32.3 Å². The predicted octanol–water partition coefficient (Wildman–Crippen LogP) is 4.13. The Bertz CT molecular complexity index is 641. The van der Waals surface area contributed by atoms with Gasteiger partial charge in [-0.1, -0.05) is 37.3 Å². The smallest absolute Gasteiger partial charge is 0.227 e. The molecule has 1 aromatic carbocycles. The Hall–Kier alpha value is -2.10. The SMILES string of the molecule is CC1CCCN(c2nccc(N(Cc3ccccc3)C(C)C)n2)C1. The highest BCUT2D eigenvalue weighted by atomic mass is 15.3. The second-order valence-corrected chi connectivity index (χ2v) is 7.12. The Morgan fingerprint density at radius 2 is 2.00 bits per heavy atom. The first-order chi connectivity index (χ1) is 11.6. The zero-order chi connectivity index (χ0) is 16.9. The minimum absolute atomic E-state index is 0.383. The molecule has 2 aromatic rings. The molecule has 128 valence electrons. The lowest BCUT2D eigenvalue weighted by molar-refractivity contribution is 0.442. The van der Waals surface area contributed by atoms with E-state index in [-0.39, 0.29) is 0 Å². The Morgan fingerprint density at radius 1 is 1.21 bits per heavy atom. The van der Waals surface area contributed by atoms with Crippen LogP contribution in [0.1, 0.15) is 39.2 Å². The lowest BCUT2D eigenvalue weighted by atomic mass is 10.0. The maximum absolute atomic E-state index is 4.89. The quantitative estimate of drug-likeness (QED) is 0.828. The molecule has 0 bridgehead atoms. The van der Waals surface area contributed by atoms with Crippen molar-refractivity contribution in [3.8, 4) is 0 Å². The van der Waals surface area contributed by atoms with E-state index in [0.717, 1.165) is 37.3 Å². The van der Waals surface area contributed by atoms with Crippen LogP contribution in [0.3, 0.4) is 0 Å². The highest BCUT2D eigenvalue weighted by Crippen LogP contribution is 2.23. The van der Waals surface area contributed by atoms with Crippen LogP contribution in [0.15, 0.2) is 42.6 Å². The molecular weight excluding hydrogens is 296 g/mol. The fourth-order valence-electron chi connectivity index (χ4n) is 3.33. The van der Waals surface area contributed by atoms with Crippen molar-refractivity contribution in [1.29, 1.82) is 0 Å². The van der Waals surface area contributed by atoms with E-state index in [2.05, 4.69) is 65.9 Å². The Labute approximate surface area is 145 Å². The van der Waals surface area contributed by atoms with Crippen LogP contribution in [0.2, 0.25) is 0 Å². The summed E-state index contributed by atoms with van der Waals surface area (Å²) in [6.45, 7) is 9.73. The van der Waals surface area contributed by atoms with Crippen LogP contribution in [0, 0.1) is 5.92 Å². The van der Waals surface area contributed by atoms with Crippen molar-refractivity contribution < 1.29 is 0 Å². The molecule has 2 heterocycles. The molecule has 1 saturated heterocycles. The van der Waals surface area contributed by atoms with Crippen LogP contribution < -0.4 is 9.80 Å². The van der Waals surface area contributed by atoms with Gasteiger partial charge in [0.2, 0.25) is 5.95 Å². The Morgan fingerprint density at radius 3 is 2.71 bits per heavy atom. The van der Waals surface area contributed by atoms with Crippen LogP contribution in [-0.4, -0.2) is 29.1 Å². The number of anilines is 2. The lowest BCUT2D eigenvalue weighted by Gasteiger charge is -2.32. The number of hydrogen-bond acceptors (Lipinski definition) is 4. The van der Waals surface area contributed by atoms with Crippen molar-refractivity contribution in [2.24, 2.45) is 5.92 Å². The van der Waals surface area contributed by atoms with Crippen LogP contribution >= 0.6 is 0 Å². The van der Waals surface area contributed by atoms with Crippen molar-refractivity contribution in [3.63, 3.8) is 0 Å². The van der Waals surface area contributed by atoms with Gasteiger partial charge in [0.25, 0.3) is 0 Å². The van der Waals surface area contributed by atoms with Gasteiger partial charge >= 0.3 is 0 Å². The third-order valence-electron chi connectivity index (χ3n) is 4.68. The van der Waals surface area contributed by atoms with E-state index in [1.165, 1.54) is 18.4 Å². The molecule has 1 aliphatic heterocycles. The first kappa shape index (κ1) is 16.7. The van der Waals surface area contributed by atoms with E-state index in [1.807, 2.05) is 12.3 Å². The van der Waals surface area contributed by atoms with Crippen LogP contribution in [0.5, 0.6) is 0 Å². The average molecular weight is 324 g/mol. The maximum atomic E-state index is 4.89. The minimum atomic E-state index is 0.383. The van der Waals surface area contributed by atoms with E-state index in [0.29, 0.717) is 6.04 Å². The first-order valence-corrected chi connectivity index (χ1v) is 9.02. The number of hydrogen-bond donors (Lipinski definition) is 0. The summed E-state index contributed by atoms with van der Waals surface area (Å²) in [5.41, 5.74) is 1.30. The summed E-state index contributed by atoms with van der Waals surface area (Å²) in [5, 5.41) is 0. The van der Waals surface area contributed by atoms with Gasteiger partial charge in [-0.05, 0) is 44.2 Å². The fourth-order valence-corrected chi connectivity index (χ4v) is 3.33. The van der Waals surface area contributed by atoms with E-state index in [9.17, 15) is 0 Å². The summed E-state index contributed by atoms with van der Waals surface area (Å²) in [6.07, 6.45) is 4.44. The molecule has 0 saturated carbocycles. The van der Waals surface area contributed by atoms with Gasteiger partial charge in [0, 0.05) is 31.9 Å². The largest absolute Gasteiger partial charge is 0.350 e. The van der Waals surface area contributed by atoms with Crippen LogP contribution in [-0.2, 0) is 6.54 Å². The fraction of sp³-hybridized carbons (Fsp3) is 0.500. The average Bonchev–Trinajstić information content (AvgIpc) is 2.60. The highest BCUT2D eigenvalue weighted by molar-refractivity contribution is 5.45. The van der Waals surface area contributed by atoms with E-state index < -0.39 is 0 Å². The molecule has 0 amide bonds. The molecule has 0 spiro atoms. The van der Waals surface area contributed by atoms with Crippen LogP contribution in [0.4, 0.5) is 11.8 Å². The molecule has 24 heavy (non-hydrogen) atoms. The molecule has 0 N–H and O–H groups in total. The molecule has 0 radical (unpaired) electrons. The molecule has 1 unspecified atom stereocenters. The minimum Gasteiger partial charge on any atom is -0.350 e. The third-order valence-corrected chi connectivity index (χ3v) is 4.68. The van der Waals surface area contributed by atoms with Crippen molar-refractivity contribution in [2.75, 3.05) is 22.9 Å². The normalized spacial score (nSPS) is 18.0. The summed E-state index contributed by atoms with van der Waals surface area (Å²) >= 11 is 0. The first-order valence-electron chi connectivity index (χ1n) is 9.02. The molecule has 3 rings (SSSR count). The molecule has 0 aliphatic carbocycles. The summed E-state index contributed by atoms with van der Waals surface area (Å²) in [6, 6.07) is 13.0. The summed E-state index contributed by atoms with van der Waals surface area (Å²) in [4.78, 5) is 14.1. The van der Waals surface area contributed by atoms with E-state index in [4.69, 9.17) is 4.98 Å². The standard InChI is InChI=1S/C20H28N4/c1-16(2)24(15-18-9-5-4-6-10-18)19-11-12-21-20(22-19)23-13-7-8-17(3)14-23/h4-6,9-12,16-17H,7-8,13-15H2,1-3H3. The summed E-state index contributed by atoms with van der Waals surface area (Å²) in [5.74, 6) is 2.60. The van der Waals surface area contributed by atoms with Crippen molar-refractivity contribution >= 4 is 11.8 Å². The second-order valence-electron chi connectivity index (χ2n) is 7.12. The summed E-state index contributed by atoms with van der Waals surface area (Å²) < 4.78 is 0.